The maximum atomic E-state index is 12.4. The van der Waals surface area contributed by atoms with Crippen molar-refractivity contribution in [2.24, 2.45) is 0 Å². The minimum absolute atomic E-state index is 0.0986. The zero-order valence-electron chi connectivity index (χ0n) is 12.5. The Kier molecular flexibility index (Phi) is 6.23. The van der Waals surface area contributed by atoms with Crippen molar-refractivity contribution >= 4 is 29.1 Å². The highest BCUT2D eigenvalue weighted by molar-refractivity contribution is 6.36. The smallest absolute Gasteiger partial charge is 0.387 e. The van der Waals surface area contributed by atoms with Crippen molar-refractivity contribution < 1.29 is 23.0 Å². The van der Waals surface area contributed by atoms with Gasteiger partial charge < -0.3 is 14.8 Å². The molecule has 128 valence electrons. The second-order valence-corrected chi connectivity index (χ2v) is 5.51. The number of ether oxygens (including phenoxy) is 2. The molecule has 0 saturated carbocycles. The lowest BCUT2D eigenvalue weighted by molar-refractivity contribution is -0.0512. The lowest BCUT2D eigenvalue weighted by Crippen LogP contribution is -2.23. The van der Waals surface area contributed by atoms with E-state index in [9.17, 15) is 13.6 Å². The predicted molar refractivity (Wildman–Crippen MR) is 87.3 cm³/mol. The summed E-state index contributed by atoms with van der Waals surface area (Å²) in [5, 5.41) is 3.28. The molecule has 0 fully saturated rings. The van der Waals surface area contributed by atoms with E-state index >= 15 is 0 Å². The van der Waals surface area contributed by atoms with Crippen LogP contribution in [-0.2, 0) is 6.54 Å². The fourth-order valence-electron chi connectivity index (χ4n) is 1.97. The SMILES string of the molecule is COc1ccc(CNC(=O)c2ccc(Cl)cc2Cl)cc1OC(F)F. The van der Waals surface area contributed by atoms with Crippen molar-refractivity contribution in [2.75, 3.05) is 7.11 Å². The molecule has 4 nitrogen and oxygen atoms in total. The van der Waals surface area contributed by atoms with Crippen LogP contribution in [0.3, 0.4) is 0 Å². The van der Waals surface area contributed by atoms with E-state index in [1.165, 1.54) is 31.4 Å². The van der Waals surface area contributed by atoms with Gasteiger partial charge in [-0.25, -0.2) is 0 Å². The Hall–Kier alpha value is -2.05. The highest BCUT2D eigenvalue weighted by Crippen LogP contribution is 2.29. The first-order valence-corrected chi connectivity index (χ1v) is 7.51. The van der Waals surface area contributed by atoms with Crippen LogP contribution in [0.15, 0.2) is 36.4 Å². The van der Waals surface area contributed by atoms with Crippen LogP contribution in [0.5, 0.6) is 11.5 Å². The van der Waals surface area contributed by atoms with Gasteiger partial charge in [-0.05, 0) is 35.9 Å². The van der Waals surface area contributed by atoms with Crippen molar-refractivity contribution in [1.29, 1.82) is 0 Å². The van der Waals surface area contributed by atoms with Crippen LogP contribution in [0.25, 0.3) is 0 Å². The molecule has 2 aromatic carbocycles. The van der Waals surface area contributed by atoms with E-state index in [-0.39, 0.29) is 28.6 Å². The zero-order valence-corrected chi connectivity index (χ0v) is 14.0. The van der Waals surface area contributed by atoms with E-state index in [0.29, 0.717) is 10.6 Å². The van der Waals surface area contributed by atoms with Gasteiger partial charge in [-0.2, -0.15) is 8.78 Å². The van der Waals surface area contributed by atoms with Crippen molar-refractivity contribution in [2.45, 2.75) is 13.2 Å². The highest BCUT2D eigenvalue weighted by Gasteiger charge is 2.13. The quantitative estimate of drug-likeness (QED) is 0.806. The lowest BCUT2D eigenvalue weighted by Gasteiger charge is -2.12. The molecular formula is C16H13Cl2F2NO3. The van der Waals surface area contributed by atoms with Crippen LogP contribution < -0.4 is 14.8 Å². The van der Waals surface area contributed by atoms with Crippen molar-refractivity contribution in [3.63, 3.8) is 0 Å². The van der Waals surface area contributed by atoms with Gasteiger partial charge in [0.05, 0.1) is 17.7 Å². The van der Waals surface area contributed by atoms with E-state index in [1.807, 2.05) is 0 Å². The number of hydrogen-bond acceptors (Lipinski definition) is 3. The number of amides is 1. The van der Waals surface area contributed by atoms with Gasteiger partial charge in [-0.1, -0.05) is 29.3 Å². The molecule has 24 heavy (non-hydrogen) atoms. The standard InChI is InChI=1S/C16H13Cl2F2NO3/c1-23-13-5-2-9(6-14(13)24-16(19)20)8-21-15(22)11-4-3-10(17)7-12(11)18/h2-7,16H,8H2,1H3,(H,21,22). The summed E-state index contributed by atoms with van der Waals surface area (Å²) in [7, 11) is 1.34. The number of nitrogens with one attached hydrogen (secondary N) is 1. The summed E-state index contributed by atoms with van der Waals surface area (Å²) in [4.78, 5) is 12.1. The molecule has 0 aliphatic rings. The van der Waals surface area contributed by atoms with E-state index in [2.05, 4.69) is 10.1 Å². The van der Waals surface area contributed by atoms with Gasteiger partial charge in [-0.15, -0.1) is 0 Å². The van der Waals surface area contributed by atoms with Crippen LogP contribution in [-0.4, -0.2) is 19.6 Å². The first kappa shape index (κ1) is 18.3. The number of carbonyl (C=O) groups is 1. The summed E-state index contributed by atoms with van der Waals surface area (Å²) in [5.74, 6) is -0.348. The van der Waals surface area contributed by atoms with Crippen LogP contribution in [0, 0.1) is 0 Å². The van der Waals surface area contributed by atoms with Crippen molar-refractivity contribution in [3.8, 4) is 11.5 Å². The second-order valence-electron chi connectivity index (χ2n) is 4.67. The molecule has 0 spiro atoms. The maximum Gasteiger partial charge on any atom is 0.387 e. The molecule has 0 aliphatic carbocycles. The van der Waals surface area contributed by atoms with Gasteiger partial charge >= 0.3 is 6.61 Å². The van der Waals surface area contributed by atoms with E-state index in [4.69, 9.17) is 27.9 Å². The molecular weight excluding hydrogens is 363 g/mol. The maximum absolute atomic E-state index is 12.4. The number of methoxy groups -OCH3 is 1. The van der Waals surface area contributed by atoms with Gasteiger partial charge in [0, 0.05) is 11.6 Å². The Balaban J connectivity index is 2.09. The number of alkyl halides is 2. The molecule has 0 radical (unpaired) electrons. The van der Waals surface area contributed by atoms with E-state index < -0.39 is 12.5 Å². The summed E-state index contributed by atoms with van der Waals surface area (Å²) in [6.45, 7) is -2.88. The number of carbonyl (C=O) groups excluding carboxylic acids is 1. The molecule has 0 aliphatic heterocycles. The fourth-order valence-corrected chi connectivity index (χ4v) is 2.46. The monoisotopic (exact) mass is 375 g/mol. The Labute approximate surface area is 147 Å². The third-order valence-corrected chi connectivity index (χ3v) is 3.62. The summed E-state index contributed by atoms with van der Waals surface area (Å²) < 4.78 is 34.2. The molecule has 1 amide bonds. The minimum atomic E-state index is -2.98. The van der Waals surface area contributed by atoms with Crippen LogP contribution in [0.1, 0.15) is 15.9 Å². The first-order valence-electron chi connectivity index (χ1n) is 6.75. The molecule has 2 rings (SSSR count). The van der Waals surface area contributed by atoms with Crippen LogP contribution >= 0.6 is 23.2 Å². The average molecular weight is 376 g/mol. The Morgan fingerprint density at radius 3 is 2.54 bits per heavy atom. The van der Waals surface area contributed by atoms with Crippen molar-refractivity contribution in [1.82, 2.24) is 5.32 Å². The summed E-state index contributed by atoms with van der Waals surface area (Å²) in [5.41, 5.74) is 0.823. The number of hydrogen-bond donors (Lipinski definition) is 1. The van der Waals surface area contributed by atoms with Crippen LogP contribution in [0.2, 0.25) is 10.0 Å². The zero-order chi connectivity index (χ0) is 17.7. The van der Waals surface area contributed by atoms with Gasteiger partial charge in [0.25, 0.3) is 5.91 Å². The van der Waals surface area contributed by atoms with Crippen LogP contribution in [0.4, 0.5) is 8.78 Å². The number of rotatable bonds is 6. The molecule has 0 saturated heterocycles. The molecule has 8 heteroatoms. The summed E-state index contributed by atoms with van der Waals surface area (Å²) in [6, 6.07) is 8.98. The largest absolute Gasteiger partial charge is 0.493 e. The first-order chi connectivity index (χ1) is 11.4. The van der Waals surface area contributed by atoms with Gasteiger partial charge in [0.15, 0.2) is 11.5 Å². The summed E-state index contributed by atoms with van der Waals surface area (Å²) >= 11 is 11.7. The minimum Gasteiger partial charge on any atom is -0.493 e. The van der Waals surface area contributed by atoms with Gasteiger partial charge in [0.1, 0.15) is 0 Å². The predicted octanol–water partition coefficient (Wildman–Crippen LogP) is 4.53. The van der Waals surface area contributed by atoms with Crippen molar-refractivity contribution in [3.05, 3.63) is 57.6 Å². The second kappa shape index (κ2) is 8.17. The molecule has 0 atom stereocenters. The normalized spacial score (nSPS) is 10.6. The van der Waals surface area contributed by atoms with Gasteiger partial charge in [-0.3, -0.25) is 4.79 Å². The number of benzene rings is 2. The summed E-state index contributed by atoms with van der Waals surface area (Å²) in [6.07, 6.45) is 0. The van der Waals surface area contributed by atoms with Gasteiger partial charge in [0.2, 0.25) is 0 Å². The third-order valence-electron chi connectivity index (χ3n) is 3.07. The van der Waals surface area contributed by atoms with E-state index in [0.717, 1.165) is 0 Å². The Morgan fingerprint density at radius 2 is 1.92 bits per heavy atom. The molecule has 0 aromatic heterocycles. The molecule has 1 N–H and O–H groups in total. The topological polar surface area (TPSA) is 47.6 Å². The van der Waals surface area contributed by atoms with E-state index in [1.54, 1.807) is 12.1 Å². The average Bonchev–Trinajstić information content (AvgIpc) is 2.52. The Bertz CT molecular complexity index is 741. The Morgan fingerprint density at radius 1 is 1.17 bits per heavy atom. The third kappa shape index (κ3) is 4.72. The highest BCUT2D eigenvalue weighted by atomic mass is 35.5. The molecule has 0 heterocycles. The molecule has 2 aromatic rings. The fraction of sp³-hybridized carbons (Fsp3) is 0.188. The number of halogens is 4. The molecule has 0 unspecified atom stereocenters. The molecule has 0 bridgehead atoms. The lowest BCUT2D eigenvalue weighted by atomic mass is 10.1.